The number of hydrogen-bond donors (Lipinski definition) is 1. The van der Waals surface area contributed by atoms with Crippen LogP contribution in [0.1, 0.15) is 19.8 Å². The standard InChI is InChI=1S/C13H16O2/c1-8-6-13-4-2-3-9(13)5-10(8)11(7-14)12(13)15/h2-3,6,9-11,14H,4-5,7H2,1H3/t9-,10-,11?,13-/m0/s1. The molecule has 2 heteroatoms. The average molecular weight is 204 g/mol. The second-order valence-corrected chi connectivity index (χ2v) is 5.16. The molecule has 1 N–H and O–H groups in total. The van der Waals surface area contributed by atoms with Gasteiger partial charge in [0.05, 0.1) is 12.0 Å². The van der Waals surface area contributed by atoms with Gasteiger partial charge in [-0.05, 0) is 31.6 Å². The van der Waals surface area contributed by atoms with Gasteiger partial charge in [-0.15, -0.1) is 0 Å². The number of allylic oxidation sites excluding steroid dienone is 4. The monoisotopic (exact) mass is 204 g/mol. The number of aliphatic hydroxyl groups excluding tert-OH is 1. The first-order valence-electron chi connectivity index (χ1n) is 5.70. The normalized spacial score (nSPS) is 46.9. The maximum atomic E-state index is 12.3. The van der Waals surface area contributed by atoms with Gasteiger partial charge in [0.2, 0.25) is 0 Å². The van der Waals surface area contributed by atoms with Crippen molar-refractivity contribution in [3.63, 3.8) is 0 Å². The van der Waals surface area contributed by atoms with Crippen LogP contribution in [0.5, 0.6) is 0 Å². The Bertz CT molecular complexity index is 380. The summed E-state index contributed by atoms with van der Waals surface area (Å²) in [5.41, 5.74) is 1.04. The Morgan fingerprint density at radius 2 is 2.40 bits per heavy atom. The van der Waals surface area contributed by atoms with Crippen molar-refractivity contribution in [3.8, 4) is 0 Å². The van der Waals surface area contributed by atoms with E-state index in [0.29, 0.717) is 5.92 Å². The maximum absolute atomic E-state index is 12.3. The summed E-state index contributed by atoms with van der Waals surface area (Å²) in [5, 5.41) is 9.35. The van der Waals surface area contributed by atoms with Crippen LogP contribution in [-0.4, -0.2) is 17.5 Å². The molecule has 4 atom stereocenters. The van der Waals surface area contributed by atoms with Crippen LogP contribution in [0.2, 0.25) is 0 Å². The number of Topliss-reactive ketones (excluding diaryl/α,β-unsaturated/α-hetero) is 1. The van der Waals surface area contributed by atoms with Crippen molar-refractivity contribution in [2.75, 3.05) is 6.61 Å². The highest BCUT2D eigenvalue weighted by Crippen LogP contribution is 2.57. The molecule has 4 aliphatic rings. The highest BCUT2D eigenvalue weighted by Gasteiger charge is 2.56. The van der Waals surface area contributed by atoms with Crippen LogP contribution in [0, 0.1) is 23.2 Å². The minimum absolute atomic E-state index is 0.0170. The second kappa shape index (κ2) is 2.82. The zero-order valence-electron chi connectivity index (χ0n) is 8.94. The Morgan fingerprint density at radius 1 is 1.60 bits per heavy atom. The van der Waals surface area contributed by atoms with Gasteiger partial charge in [0.1, 0.15) is 5.78 Å². The lowest BCUT2D eigenvalue weighted by Gasteiger charge is -2.49. The molecular weight excluding hydrogens is 188 g/mol. The van der Waals surface area contributed by atoms with Gasteiger partial charge in [-0.2, -0.15) is 0 Å². The molecule has 1 unspecified atom stereocenters. The Balaban J connectivity index is 2.12. The van der Waals surface area contributed by atoms with Gasteiger partial charge < -0.3 is 5.11 Å². The predicted molar refractivity (Wildman–Crippen MR) is 57.1 cm³/mol. The molecule has 0 aromatic carbocycles. The molecule has 1 spiro atoms. The maximum Gasteiger partial charge on any atom is 0.149 e. The van der Waals surface area contributed by atoms with Gasteiger partial charge in [-0.1, -0.05) is 23.8 Å². The lowest BCUT2D eigenvalue weighted by molar-refractivity contribution is -0.140. The van der Waals surface area contributed by atoms with Crippen molar-refractivity contribution in [1.82, 2.24) is 0 Å². The van der Waals surface area contributed by atoms with E-state index < -0.39 is 0 Å². The SMILES string of the molecule is CC1=C[C@@]23CC=C[C@H]2C[C@@H]1C(CO)C3=O. The molecule has 0 aromatic heterocycles. The van der Waals surface area contributed by atoms with Crippen LogP contribution < -0.4 is 0 Å². The van der Waals surface area contributed by atoms with E-state index >= 15 is 0 Å². The second-order valence-electron chi connectivity index (χ2n) is 5.16. The molecule has 4 aliphatic carbocycles. The minimum Gasteiger partial charge on any atom is -0.396 e. The zero-order valence-corrected chi connectivity index (χ0v) is 8.94. The van der Waals surface area contributed by atoms with Crippen molar-refractivity contribution >= 4 is 5.78 Å². The largest absolute Gasteiger partial charge is 0.396 e. The number of rotatable bonds is 1. The van der Waals surface area contributed by atoms with E-state index in [4.69, 9.17) is 0 Å². The van der Waals surface area contributed by atoms with E-state index in [1.807, 2.05) is 0 Å². The summed E-state index contributed by atoms with van der Waals surface area (Å²) in [5.74, 6) is 0.839. The molecule has 0 aliphatic heterocycles. The average Bonchev–Trinajstić information content (AvgIpc) is 2.62. The van der Waals surface area contributed by atoms with Gasteiger partial charge in [-0.3, -0.25) is 4.79 Å². The van der Waals surface area contributed by atoms with Crippen molar-refractivity contribution in [1.29, 1.82) is 0 Å². The topological polar surface area (TPSA) is 37.3 Å². The van der Waals surface area contributed by atoms with Gasteiger partial charge >= 0.3 is 0 Å². The fraction of sp³-hybridized carbons (Fsp3) is 0.615. The van der Waals surface area contributed by atoms with Crippen molar-refractivity contribution in [2.24, 2.45) is 23.2 Å². The van der Waals surface area contributed by atoms with E-state index in [1.165, 1.54) is 5.57 Å². The molecule has 0 aromatic rings. The fourth-order valence-electron chi connectivity index (χ4n) is 3.75. The number of carbonyl (C=O) groups is 1. The molecular formula is C13H16O2. The van der Waals surface area contributed by atoms with E-state index in [2.05, 4.69) is 25.2 Å². The first-order chi connectivity index (χ1) is 7.19. The summed E-state index contributed by atoms with van der Waals surface area (Å²) in [6, 6.07) is 0. The van der Waals surface area contributed by atoms with Crippen LogP contribution in [0.15, 0.2) is 23.8 Å². The van der Waals surface area contributed by atoms with Crippen LogP contribution in [0.25, 0.3) is 0 Å². The summed E-state index contributed by atoms with van der Waals surface area (Å²) < 4.78 is 0. The molecule has 15 heavy (non-hydrogen) atoms. The van der Waals surface area contributed by atoms with Crippen molar-refractivity contribution in [3.05, 3.63) is 23.8 Å². The number of aliphatic hydroxyl groups is 1. The summed E-state index contributed by atoms with van der Waals surface area (Å²) in [7, 11) is 0. The fourth-order valence-corrected chi connectivity index (χ4v) is 3.75. The van der Waals surface area contributed by atoms with Crippen LogP contribution in [0.3, 0.4) is 0 Å². The summed E-state index contributed by atoms with van der Waals surface area (Å²) in [6.45, 7) is 2.12. The van der Waals surface area contributed by atoms with Gasteiger partial charge in [0, 0.05) is 5.92 Å². The molecule has 2 bridgehead atoms. The summed E-state index contributed by atoms with van der Waals surface area (Å²) >= 11 is 0. The van der Waals surface area contributed by atoms with Crippen LogP contribution in [-0.2, 0) is 4.79 Å². The zero-order chi connectivity index (χ0) is 10.6. The van der Waals surface area contributed by atoms with Gasteiger partial charge in [0.25, 0.3) is 0 Å². The third-order valence-electron chi connectivity index (χ3n) is 4.54. The third-order valence-corrected chi connectivity index (χ3v) is 4.54. The van der Waals surface area contributed by atoms with E-state index in [1.54, 1.807) is 0 Å². The quantitative estimate of drug-likeness (QED) is 0.660. The lowest BCUT2D eigenvalue weighted by atomic mass is 9.53. The lowest BCUT2D eigenvalue weighted by Crippen LogP contribution is -2.51. The Morgan fingerprint density at radius 3 is 3.13 bits per heavy atom. The van der Waals surface area contributed by atoms with E-state index in [0.717, 1.165) is 12.8 Å². The smallest absolute Gasteiger partial charge is 0.149 e. The molecule has 4 rings (SSSR count). The van der Waals surface area contributed by atoms with Gasteiger partial charge in [0.15, 0.2) is 0 Å². The highest BCUT2D eigenvalue weighted by atomic mass is 16.3. The summed E-state index contributed by atoms with van der Waals surface area (Å²) in [4.78, 5) is 12.3. The Kier molecular flexibility index (Phi) is 1.76. The number of ketones is 1. The third kappa shape index (κ3) is 0.957. The number of hydrogen-bond acceptors (Lipinski definition) is 2. The molecule has 0 heterocycles. The molecule has 0 saturated heterocycles. The van der Waals surface area contributed by atoms with E-state index in [-0.39, 0.29) is 29.6 Å². The minimum atomic E-state index is -0.272. The van der Waals surface area contributed by atoms with Crippen molar-refractivity contribution < 1.29 is 9.90 Å². The molecule has 1 saturated carbocycles. The molecule has 1 fully saturated rings. The Hall–Kier alpha value is -0.890. The molecule has 80 valence electrons. The molecule has 0 amide bonds. The van der Waals surface area contributed by atoms with Crippen molar-refractivity contribution in [2.45, 2.75) is 19.8 Å². The highest BCUT2D eigenvalue weighted by molar-refractivity contribution is 5.93. The molecule has 0 radical (unpaired) electrons. The summed E-state index contributed by atoms with van der Waals surface area (Å²) in [6.07, 6.45) is 8.41. The number of carbonyl (C=O) groups excluding carboxylic acids is 1. The van der Waals surface area contributed by atoms with Crippen LogP contribution >= 0.6 is 0 Å². The first kappa shape index (κ1) is 9.34. The molecule has 2 nitrogen and oxygen atoms in total. The van der Waals surface area contributed by atoms with Crippen LogP contribution in [0.4, 0.5) is 0 Å². The predicted octanol–water partition coefficient (Wildman–Crippen LogP) is 1.71. The number of fused-ring (bicyclic) bond motifs is 1. The van der Waals surface area contributed by atoms with Gasteiger partial charge in [-0.25, -0.2) is 0 Å². The Labute approximate surface area is 89.7 Å². The first-order valence-corrected chi connectivity index (χ1v) is 5.70. The van der Waals surface area contributed by atoms with E-state index in [9.17, 15) is 9.90 Å².